The molecule has 1 aliphatic heterocycles. The van der Waals surface area contributed by atoms with E-state index in [-0.39, 0.29) is 41.3 Å². The molecule has 1 saturated heterocycles. The van der Waals surface area contributed by atoms with Crippen LogP contribution in [0.2, 0.25) is 0 Å². The fourth-order valence-corrected chi connectivity index (χ4v) is 5.99. The summed E-state index contributed by atoms with van der Waals surface area (Å²) < 4.78 is 80.8. The lowest BCUT2D eigenvalue weighted by Crippen LogP contribution is -2.49. The number of ether oxygens (including phenoxy) is 2. The molecule has 0 spiro atoms. The van der Waals surface area contributed by atoms with E-state index in [2.05, 4.69) is 25.4 Å². The number of para-hydroxylation sites is 1. The molecule has 6 atom stereocenters. The van der Waals surface area contributed by atoms with Crippen molar-refractivity contribution in [1.29, 1.82) is 0 Å². The molecular formula is C25H31F3N7O7P. The van der Waals surface area contributed by atoms with Gasteiger partial charge in [-0.15, -0.1) is 0 Å². The Hall–Kier alpha value is -3.50. The number of carbonyl (C=O) groups is 1. The van der Waals surface area contributed by atoms with Gasteiger partial charge in [0, 0.05) is 6.04 Å². The second-order valence-electron chi connectivity index (χ2n) is 10.1. The van der Waals surface area contributed by atoms with Gasteiger partial charge in [-0.05, 0) is 38.8 Å². The normalized spacial score (nSPS) is 25.9. The molecule has 14 nitrogen and oxygen atoms in total. The smallest absolute Gasteiger partial charge is 0.459 e. The molecule has 1 saturated carbocycles. The number of nitrogen functional groups attached to an aromatic ring is 1. The molecule has 5 rings (SSSR count). The Labute approximate surface area is 243 Å². The SMILES string of the molecule is CCOC(=O)C(C)N[P@](=O)(OC[C@H]1O[C@@H](n2cnc3c(NC4CC4)nc(N)nc32)[C@@](F)(C(F)F)[C@@H]1O)Oc1ccccc1. The highest BCUT2D eigenvalue weighted by Gasteiger charge is 2.64. The monoisotopic (exact) mass is 629 g/mol. The van der Waals surface area contributed by atoms with Gasteiger partial charge in [-0.25, -0.2) is 22.7 Å². The number of imidazole rings is 1. The van der Waals surface area contributed by atoms with Crippen molar-refractivity contribution in [3.63, 3.8) is 0 Å². The highest BCUT2D eigenvalue weighted by Crippen LogP contribution is 2.50. The van der Waals surface area contributed by atoms with E-state index in [0.717, 1.165) is 23.7 Å². The molecular weight excluding hydrogens is 598 g/mol. The van der Waals surface area contributed by atoms with E-state index < -0.39 is 56.9 Å². The van der Waals surface area contributed by atoms with E-state index in [1.165, 1.54) is 19.1 Å². The topological polar surface area (TPSA) is 185 Å². The molecule has 0 radical (unpaired) electrons. The van der Waals surface area contributed by atoms with Gasteiger partial charge in [-0.1, -0.05) is 18.2 Å². The summed E-state index contributed by atoms with van der Waals surface area (Å²) in [4.78, 5) is 24.5. The average molecular weight is 630 g/mol. The van der Waals surface area contributed by atoms with Gasteiger partial charge in [0.1, 0.15) is 24.0 Å². The van der Waals surface area contributed by atoms with Crippen molar-refractivity contribution in [3.8, 4) is 5.75 Å². The predicted octanol–water partition coefficient (Wildman–Crippen LogP) is 2.96. The van der Waals surface area contributed by atoms with Crippen LogP contribution in [0.4, 0.5) is 24.9 Å². The minimum Gasteiger partial charge on any atom is -0.465 e. The number of halogens is 3. The van der Waals surface area contributed by atoms with Gasteiger partial charge in [-0.2, -0.15) is 15.1 Å². The number of nitrogens with zero attached hydrogens (tertiary/aromatic N) is 4. The van der Waals surface area contributed by atoms with Crippen LogP contribution in [0.25, 0.3) is 11.2 Å². The molecule has 1 unspecified atom stereocenters. The van der Waals surface area contributed by atoms with E-state index >= 15 is 4.39 Å². The molecule has 43 heavy (non-hydrogen) atoms. The molecule has 5 N–H and O–H groups in total. The molecule has 234 valence electrons. The molecule has 3 heterocycles. The molecule has 18 heteroatoms. The number of anilines is 2. The van der Waals surface area contributed by atoms with Crippen LogP contribution in [-0.4, -0.2) is 80.2 Å². The van der Waals surface area contributed by atoms with Crippen molar-refractivity contribution in [2.24, 2.45) is 0 Å². The van der Waals surface area contributed by atoms with Crippen LogP contribution in [-0.2, 0) is 23.4 Å². The summed E-state index contributed by atoms with van der Waals surface area (Å²) in [6.07, 6.45) is -7.34. The number of fused-ring (bicyclic) bond motifs is 1. The molecule has 3 aromatic rings. The Bertz CT molecular complexity index is 1500. The molecule has 1 aromatic carbocycles. The van der Waals surface area contributed by atoms with Crippen molar-refractivity contribution in [2.75, 3.05) is 24.3 Å². The first-order valence-corrected chi connectivity index (χ1v) is 15.0. The van der Waals surface area contributed by atoms with Crippen LogP contribution < -0.4 is 20.7 Å². The third-order valence-electron chi connectivity index (χ3n) is 6.80. The number of carbonyl (C=O) groups excluding carboxylic acids is 1. The fraction of sp³-hybridized carbons (Fsp3) is 0.520. The number of aromatic nitrogens is 4. The van der Waals surface area contributed by atoms with Gasteiger partial charge in [0.2, 0.25) is 11.6 Å². The molecule has 2 aromatic heterocycles. The second kappa shape index (κ2) is 12.2. The summed E-state index contributed by atoms with van der Waals surface area (Å²) >= 11 is 0. The summed E-state index contributed by atoms with van der Waals surface area (Å²) in [5.74, 6) is -0.683. The molecule has 2 aliphatic rings. The van der Waals surface area contributed by atoms with Gasteiger partial charge in [-0.3, -0.25) is 13.9 Å². The van der Waals surface area contributed by atoms with Crippen LogP contribution in [0, 0.1) is 0 Å². The maximum absolute atomic E-state index is 16.1. The maximum Gasteiger partial charge on any atom is 0.459 e. The summed E-state index contributed by atoms with van der Waals surface area (Å²) in [5, 5.41) is 16.3. The minimum atomic E-state index is -4.48. The van der Waals surface area contributed by atoms with E-state index in [9.17, 15) is 23.2 Å². The van der Waals surface area contributed by atoms with Crippen molar-refractivity contribution in [3.05, 3.63) is 36.7 Å². The number of aliphatic hydroxyl groups is 1. The lowest BCUT2D eigenvalue weighted by molar-refractivity contribution is -0.144. The van der Waals surface area contributed by atoms with Crippen molar-refractivity contribution in [1.82, 2.24) is 24.6 Å². The first-order chi connectivity index (χ1) is 20.4. The molecule has 0 bridgehead atoms. The summed E-state index contributed by atoms with van der Waals surface area (Å²) in [6, 6.07) is 6.68. The number of alkyl halides is 3. The van der Waals surface area contributed by atoms with E-state index in [0.29, 0.717) is 0 Å². The Balaban J connectivity index is 1.41. The number of aliphatic hydroxyl groups excluding tert-OH is 1. The van der Waals surface area contributed by atoms with Gasteiger partial charge in [0.05, 0.1) is 19.5 Å². The lowest BCUT2D eigenvalue weighted by Gasteiger charge is -2.28. The number of nitrogens with two attached hydrogens (primary N) is 1. The minimum absolute atomic E-state index is 0.0445. The molecule has 2 fully saturated rings. The van der Waals surface area contributed by atoms with Crippen LogP contribution in [0.1, 0.15) is 32.9 Å². The maximum atomic E-state index is 16.1. The summed E-state index contributed by atoms with van der Waals surface area (Å²) in [5.41, 5.74) is 2.17. The highest BCUT2D eigenvalue weighted by molar-refractivity contribution is 7.52. The number of hydrogen-bond donors (Lipinski definition) is 4. The van der Waals surface area contributed by atoms with E-state index in [1.54, 1.807) is 25.1 Å². The van der Waals surface area contributed by atoms with Crippen molar-refractivity contribution < 1.29 is 46.2 Å². The van der Waals surface area contributed by atoms with Crippen molar-refractivity contribution >= 4 is 36.6 Å². The highest BCUT2D eigenvalue weighted by atomic mass is 31.2. The third kappa shape index (κ3) is 6.40. The van der Waals surface area contributed by atoms with Crippen LogP contribution in [0.3, 0.4) is 0 Å². The number of benzene rings is 1. The Morgan fingerprint density at radius 1 is 1.30 bits per heavy atom. The van der Waals surface area contributed by atoms with Gasteiger partial charge < -0.3 is 30.2 Å². The molecule has 1 aliphatic carbocycles. The number of nitrogens with one attached hydrogen (secondary N) is 2. The lowest BCUT2D eigenvalue weighted by atomic mass is 9.96. The predicted molar refractivity (Wildman–Crippen MR) is 146 cm³/mol. The van der Waals surface area contributed by atoms with Crippen LogP contribution >= 0.6 is 7.75 Å². The van der Waals surface area contributed by atoms with E-state index in [1.807, 2.05) is 0 Å². The second-order valence-corrected chi connectivity index (χ2v) is 11.8. The summed E-state index contributed by atoms with van der Waals surface area (Å²) in [7, 11) is -4.48. The van der Waals surface area contributed by atoms with Crippen molar-refractivity contribution in [2.45, 2.75) is 69.3 Å². The Morgan fingerprint density at radius 3 is 2.67 bits per heavy atom. The first kappa shape index (κ1) is 30.9. The Morgan fingerprint density at radius 2 is 2.02 bits per heavy atom. The number of esters is 1. The van der Waals surface area contributed by atoms with Crippen LogP contribution in [0.15, 0.2) is 36.7 Å². The fourth-order valence-electron chi connectivity index (χ4n) is 4.49. The quantitative estimate of drug-likeness (QED) is 0.160. The molecule has 0 amide bonds. The standard InChI is InChI=1S/C25H31F3N7O7P/c1-3-39-21(37)13(2)34-43(38,42-15-7-5-4-6-8-15)40-11-16-18(36)25(28,22(26)27)23(41-16)35-12-30-17-19(31-14-9-10-14)32-24(29)33-20(17)35/h4-8,12-14,16,18,22-23,36H,3,9-11H2,1-2H3,(H,34,38)(H3,29,31,32,33)/t13?,16-,18-,23-,25+,43+/m1/s1. The van der Waals surface area contributed by atoms with E-state index in [4.69, 9.17) is 24.3 Å². The van der Waals surface area contributed by atoms with Crippen LogP contribution in [0.5, 0.6) is 5.75 Å². The Kier molecular flexibility index (Phi) is 8.81. The number of hydrogen-bond acceptors (Lipinski definition) is 12. The zero-order valence-electron chi connectivity index (χ0n) is 23.1. The van der Waals surface area contributed by atoms with Gasteiger partial charge >= 0.3 is 13.7 Å². The van der Waals surface area contributed by atoms with Gasteiger partial charge in [0.15, 0.2) is 23.2 Å². The third-order valence-corrected chi connectivity index (χ3v) is 8.44. The number of rotatable bonds is 13. The summed E-state index contributed by atoms with van der Waals surface area (Å²) in [6.45, 7) is 2.08. The first-order valence-electron chi connectivity index (χ1n) is 13.5. The largest absolute Gasteiger partial charge is 0.465 e. The average Bonchev–Trinajstić information content (AvgIpc) is 3.62. The van der Waals surface area contributed by atoms with Gasteiger partial charge in [0.25, 0.3) is 6.43 Å². The zero-order chi connectivity index (χ0) is 30.9. The zero-order valence-corrected chi connectivity index (χ0v) is 24.0.